The first-order chi connectivity index (χ1) is 11.6. The molecule has 1 saturated heterocycles. The molecular weight excluding hydrogens is 306 g/mol. The molecule has 1 fully saturated rings. The summed E-state index contributed by atoms with van der Waals surface area (Å²) in [6.07, 6.45) is 3.70. The van der Waals surface area contributed by atoms with E-state index in [-0.39, 0.29) is 6.10 Å². The van der Waals surface area contributed by atoms with Crippen LogP contribution in [0.5, 0.6) is 0 Å². The predicted molar refractivity (Wildman–Crippen MR) is 92.1 cm³/mol. The molecule has 126 valence electrons. The van der Waals surface area contributed by atoms with Gasteiger partial charge in [0.2, 0.25) is 0 Å². The number of nitrogens with zero attached hydrogens (tertiary/aromatic N) is 2. The first-order valence-electron chi connectivity index (χ1n) is 8.02. The summed E-state index contributed by atoms with van der Waals surface area (Å²) in [5, 5.41) is 9.02. The fraction of sp³-hybridized carbons (Fsp3) is 0.333. The van der Waals surface area contributed by atoms with Crippen molar-refractivity contribution < 1.29 is 14.6 Å². The first kappa shape index (κ1) is 16.3. The lowest BCUT2D eigenvalue weighted by molar-refractivity contribution is 0.0250. The fourth-order valence-electron chi connectivity index (χ4n) is 2.84. The number of nitrogens with two attached hydrogens (primary N) is 1. The van der Waals surface area contributed by atoms with Crippen LogP contribution in [0.25, 0.3) is 0 Å². The standard InChI is InChI=1S/C18H21N3O3/c19-15-4-5-17(20-11-15)21-8-6-16(7-9-21)24-12-13-2-1-3-14(10-13)18(22)23/h1-5,10-11,16H,6-9,12,19H2,(H,22,23). The lowest BCUT2D eigenvalue weighted by atomic mass is 10.1. The van der Waals surface area contributed by atoms with Gasteiger partial charge in [0.25, 0.3) is 0 Å². The summed E-state index contributed by atoms with van der Waals surface area (Å²) in [4.78, 5) is 17.6. The van der Waals surface area contributed by atoms with E-state index in [4.69, 9.17) is 15.6 Å². The van der Waals surface area contributed by atoms with Gasteiger partial charge in [0.05, 0.1) is 30.2 Å². The fourth-order valence-corrected chi connectivity index (χ4v) is 2.84. The molecule has 0 amide bonds. The van der Waals surface area contributed by atoms with E-state index in [2.05, 4.69) is 9.88 Å². The van der Waals surface area contributed by atoms with Crippen molar-refractivity contribution in [3.63, 3.8) is 0 Å². The van der Waals surface area contributed by atoms with Crippen molar-refractivity contribution in [2.45, 2.75) is 25.6 Å². The van der Waals surface area contributed by atoms with Crippen LogP contribution >= 0.6 is 0 Å². The molecule has 24 heavy (non-hydrogen) atoms. The minimum absolute atomic E-state index is 0.184. The molecule has 0 unspecified atom stereocenters. The van der Waals surface area contributed by atoms with Gasteiger partial charge in [-0.1, -0.05) is 12.1 Å². The normalized spacial score (nSPS) is 15.4. The third-order valence-corrected chi connectivity index (χ3v) is 4.20. The largest absolute Gasteiger partial charge is 0.478 e. The molecule has 0 aliphatic carbocycles. The lowest BCUT2D eigenvalue weighted by Crippen LogP contribution is -2.37. The molecule has 3 N–H and O–H groups in total. The Morgan fingerprint density at radius 2 is 2.08 bits per heavy atom. The van der Waals surface area contributed by atoms with Gasteiger partial charge in [-0.15, -0.1) is 0 Å². The van der Waals surface area contributed by atoms with Crippen LogP contribution in [0.15, 0.2) is 42.6 Å². The highest BCUT2D eigenvalue weighted by Crippen LogP contribution is 2.21. The van der Waals surface area contributed by atoms with Gasteiger partial charge in [-0.2, -0.15) is 0 Å². The monoisotopic (exact) mass is 327 g/mol. The maximum Gasteiger partial charge on any atom is 0.335 e. The molecule has 0 saturated carbocycles. The Balaban J connectivity index is 1.50. The Hall–Kier alpha value is -2.60. The SMILES string of the molecule is Nc1ccc(N2CCC(OCc3cccc(C(=O)O)c3)CC2)nc1. The number of nitrogen functional groups attached to an aromatic ring is 1. The zero-order valence-corrected chi connectivity index (χ0v) is 13.4. The molecule has 6 heteroatoms. The number of ether oxygens (including phenoxy) is 1. The summed E-state index contributed by atoms with van der Waals surface area (Å²) in [6.45, 7) is 2.21. The Kier molecular flexibility index (Phi) is 4.96. The number of carboxylic acid groups (broad SMARTS) is 1. The second-order valence-electron chi connectivity index (χ2n) is 5.95. The van der Waals surface area contributed by atoms with E-state index in [1.807, 2.05) is 18.2 Å². The molecule has 0 bridgehead atoms. The highest BCUT2D eigenvalue weighted by atomic mass is 16.5. The summed E-state index contributed by atoms with van der Waals surface area (Å²) >= 11 is 0. The zero-order valence-electron chi connectivity index (χ0n) is 13.4. The number of piperidine rings is 1. The topological polar surface area (TPSA) is 88.7 Å². The Labute approximate surface area is 140 Å². The van der Waals surface area contributed by atoms with Crippen molar-refractivity contribution in [2.24, 2.45) is 0 Å². The van der Waals surface area contributed by atoms with Crippen LogP contribution in [0.1, 0.15) is 28.8 Å². The molecule has 6 nitrogen and oxygen atoms in total. The second-order valence-corrected chi connectivity index (χ2v) is 5.95. The quantitative estimate of drug-likeness (QED) is 0.877. The smallest absolute Gasteiger partial charge is 0.335 e. The predicted octanol–water partition coefficient (Wildman–Crippen LogP) is 2.55. The molecule has 3 rings (SSSR count). The second kappa shape index (κ2) is 7.31. The van der Waals surface area contributed by atoms with Gasteiger partial charge in [0.1, 0.15) is 5.82 Å². The molecule has 2 heterocycles. The number of benzene rings is 1. The summed E-state index contributed by atoms with van der Waals surface area (Å²) in [5.74, 6) is 0.0259. The van der Waals surface area contributed by atoms with Crippen LogP contribution < -0.4 is 10.6 Å². The van der Waals surface area contributed by atoms with Crippen LogP contribution in [0, 0.1) is 0 Å². The van der Waals surface area contributed by atoms with Gasteiger partial charge in [-0.25, -0.2) is 9.78 Å². The molecule has 1 aromatic heterocycles. The van der Waals surface area contributed by atoms with E-state index in [9.17, 15) is 4.79 Å². The molecule has 0 radical (unpaired) electrons. The number of pyridine rings is 1. The van der Waals surface area contributed by atoms with Gasteiger partial charge in [0.15, 0.2) is 0 Å². The van der Waals surface area contributed by atoms with Crippen LogP contribution in [0.2, 0.25) is 0 Å². The maximum absolute atomic E-state index is 11.0. The van der Waals surface area contributed by atoms with E-state index in [1.165, 1.54) is 0 Å². The number of anilines is 2. The number of hydrogen-bond acceptors (Lipinski definition) is 5. The lowest BCUT2D eigenvalue weighted by Gasteiger charge is -2.32. The summed E-state index contributed by atoms with van der Waals surface area (Å²) in [7, 11) is 0. The Morgan fingerprint density at radius 3 is 2.75 bits per heavy atom. The minimum Gasteiger partial charge on any atom is -0.478 e. The molecule has 1 aliphatic rings. The minimum atomic E-state index is -0.916. The van der Waals surface area contributed by atoms with E-state index < -0.39 is 5.97 Å². The number of carboxylic acids is 1. The Morgan fingerprint density at radius 1 is 1.29 bits per heavy atom. The number of rotatable bonds is 5. The van der Waals surface area contributed by atoms with Crippen molar-refractivity contribution in [3.05, 3.63) is 53.7 Å². The van der Waals surface area contributed by atoms with Gasteiger partial charge < -0.3 is 20.5 Å². The molecule has 1 aliphatic heterocycles. The van der Waals surface area contributed by atoms with Crippen molar-refractivity contribution in [2.75, 3.05) is 23.7 Å². The average molecular weight is 327 g/mol. The van der Waals surface area contributed by atoms with Crippen LogP contribution in [0.3, 0.4) is 0 Å². The highest BCUT2D eigenvalue weighted by molar-refractivity contribution is 5.87. The van der Waals surface area contributed by atoms with Crippen molar-refractivity contribution in [1.29, 1.82) is 0 Å². The summed E-state index contributed by atoms with van der Waals surface area (Å²) in [5.41, 5.74) is 7.51. The zero-order chi connectivity index (χ0) is 16.9. The number of hydrogen-bond donors (Lipinski definition) is 2. The highest BCUT2D eigenvalue weighted by Gasteiger charge is 2.20. The van der Waals surface area contributed by atoms with Crippen LogP contribution in [0.4, 0.5) is 11.5 Å². The van der Waals surface area contributed by atoms with E-state index >= 15 is 0 Å². The van der Waals surface area contributed by atoms with Crippen molar-refractivity contribution in [1.82, 2.24) is 4.98 Å². The molecule has 1 aromatic carbocycles. The molecule has 0 spiro atoms. The summed E-state index contributed by atoms with van der Waals surface area (Å²) in [6, 6.07) is 10.7. The number of aromatic carboxylic acids is 1. The first-order valence-corrected chi connectivity index (χ1v) is 8.02. The third kappa shape index (κ3) is 4.02. The van der Waals surface area contributed by atoms with E-state index in [0.717, 1.165) is 37.3 Å². The van der Waals surface area contributed by atoms with Crippen LogP contribution in [-0.2, 0) is 11.3 Å². The Bertz CT molecular complexity index is 695. The molecule has 2 aromatic rings. The molecule has 0 atom stereocenters. The maximum atomic E-state index is 11.0. The molecular formula is C18H21N3O3. The van der Waals surface area contributed by atoms with Crippen LogP contribution in [-0.4, -0.2) is 35.3 Å². The number of carbonyl (C=O) groups is 1. The average Bonchev–Trinajstić information content (AvgIpc) is 2.61. The van der Waals surface area contributed by atoms with E-state index in [1.54, 1.807) is 24.4 Å². The van der Waals surface area contributed by atoms with Gasteiger partial charge in [-0.3, -0.25) is 0 Å². The third-order valence-electron chi connectivity index (χ3n) is 4.20. The van der Waals surface area contributed by atoms with Gasteiger partial charge in [0, 0.05) is 13.1 Å². The van der Waals surface area contributed by atoms with E-state index in [0.29, 0.717) is 17.9 Å². The van der Waals surface area contributed by atoms with Gasteiger partial charge in [-0.05, 0) is 42.7 Å². The van der Waals surface area contributed by atoms with Crippen molar-refractivity contribution >= 4 is 17.5 Å². The summed E-state index contributed by atoms with van der Waals surface area (Å²) < 4.78 is 5.95. The van der Waals surface area contributed by atoms with Gasteiger partial charge >= 0.3 is 5.97 Å². The van der Waals surface area contributed by atoms with Crippen molar-refractivity contribution in [3.8, 4) is 0 Å². The number of aromatic nitrogens is 1.